The normalized spacial score (nSPS) is 24.2. The molecule has 44 heavy (non-hydrogen) atoms. The van der Waals surface area contributed by atoms with Crippen LogP contribution in [0.2, 0.25) is 0 Å². The van der Waals surface area contributed by atoms with Gasteiger partial charge in [-0.1, -0.05) is 12.1 Å². The van der Waals surface area contributed by atoms with Crippen molar-refractivity contribution in [2.75, 3.05) is 53.6 Å². The average Bonchev–Trinajstić information content (AvgIpc) is 3.04. The van der Waals surface area contributed by atoms with E-state index < -0.39 is 0 Å². The van der Waals surface area contributed by atoms with Crippen molar-refractivity contribution in [1.82, 2.24) is 15.1 Å². The van der Waals surface area contributed by atoms with Crippen LogP contribution in [0.25, 0.3) is 0 Å². The molecule has 1 N–H and O–H groups in total. The molecule has 4 heterocycles. The number of carbonyl (C=O) groups excluding carboxylic acids is 3. The van der Waals surface area contributed by atoms with Gasteiger partial charge in [0.2, 0.25) is 11.8 Å². The lowest BCUT2D eigenvalue weighted by Crippen LogP contribution is -2.60. The number of amides is 3. The molecule has 10 nitrogen and oxygen atoms in total. The molecule has 4 bridgehead atoms. The van der Waals surface area contributed by atoms with Gasteiger partial charge in [-0.05, 0) is 79.7 Å². The molecule has 6 rings (SSSR count). The number of rotatable bonds is 3. The van der Waals surface area contributed by atoms with Gasteiger partial charge in [0, 0.05) is 45.1 Å². The molecule has 2 fully saturated rings. The molecule has 2 saturated heterocycles. The van der Waals surface area contributed by atoms with E-state index in [1.54, 1.807) is 20.3 Å². The number of hydrogen-bond donors (Lipinski definition) is 1. The molecule has 0 saturated carbocycles. The highest BCUT2D eigenvalue weighted by atomic mass is 16.6. The van der Waals surface area contributed by atoms with Crippen LogP contribution < -0.4 is 24.3 Å². The van der Waals surface area contributed by atoms with Gasteiger partial charge in [0.1, 0.15) is 13.2 Å². The second kappa shape index (κ2) is 13.4. The first-order chi connectivity index (χ1) is 21.4. The van der Waals surface area contributed by atoms with Gasteiger partial charge < -0.3 is 34.1 Å². The molecule has 10 heteroatoms. The maximum atomic E-state index is 13.9. The summed E-state index contributed by atoms with van der Waals surface area (Å²) in [4.78, 5) is 44.4. The monoisotopic (exact) mass is 605 g/mol. The van der Waals surface area contributed by atoms with Gasteiger partial charge in [-0.15, -0.1) is 0 Å². The molecule has 0 spiro atoms. The predicted molar refractivity (Wildman–Crippen MR) is 163 cm³/mol. The first kappa shape index (κ1) is 30.1. The van der Waals surface area contributed by atoms with Gasteiger partial charge in [-0.25, -0.2) is 0 Å². The van der Waals surface area contributed by atoms with Crippen LogP contribution in [0.4, 0.5) is 0 Å². The summed E-state index contributed by atoms with van der Waals surface area (Å²) < 4.78 is 22.9. The molecular formula is C34H43N3O7. The van der Waals surface area contributed by atoms with E-state index in [-0.39, 0.29) is 35.6 Å². The molecule has 3 amide bonds. The molecule has 3 atom stereocenters. The smallest absolute Gasteiger partial charge is 0.257 e. The van der Waals surface area contributed by atoms with Crippen molar-refractivity contribution in [2.24, 2.45) is 11.8 Å². The lowest BCUT2D eigenvalue weighted by Gasteiger charge is -2.51. The Balaban J connectivity index is 1.23. The number of nitrogens with one attached hydrogen (secondary N) is 1. The third kappa shape index (κ3) is 6.30. The zero-order chi connectivity index (χ0) is 30.6. The second-order valence-corrected chi connectivity index (χ2v) is 12.4. The highest BCUT2D eigenvalue weighted by Gasteiger charge is 2.44. The number of benzene rings is 2. The number of para-hydroxylation sites is 1. The van der Waals surface area contributed by atoms with Crippen LogP contribution in [-0.4, -0.2) is 87.2 Å². The molecule has 0 aliphatic carbocycles. The minimum atomic E-state index is -0.0568. The van der Waals surface area contributed by atoms with E-state index in [2.05, 4.69) is 16.3 Å². The Bertz CT molecular complexity index is 1400. The number of piperidine rings is 2. The maximum absolute atomic E-state index is 13.9. The fourth-order valence-electron chi connectivity index (χ4n) is 7.48. The third-order valence-corrected chi connectivity index (χ3v) is 9.47. The van der Waals surface area contributed by atoms with Crippen molar-refractivity contribution in [3.8, 4) is 23.0 Å². The summed E-state index contributed by atoms with van der Waals surface area (Å²) in [6.07, 6.45) is 5.31. The highest BCUT2D eigenvalue weighted by molar-refractivity contribution is 5.98. The summed E-state index contributed by atoms with van der Waals surface area (Å²) in [6, 6.07) is 9.51. The zero-order valence-electron chi connectivity index (χ0n) is 25.8. The van der Waals surface area contributed by atoms with Crippen molar-refractivity contribution in [1.29, 1.82) is 0 Å². The average molecular weight is 606 g/mol. The predicted octanol–water partition coefficient (Wildman–Crippen LogP) is 3.63. The van der Waals surface area contributed by atoms with Gasteiger partial charge in [0.25, 0.3) is 5.91 Å². The van der Waals surface area contributed by atoms with Crippen LogP contribution in [0.1, 0.15) is 60.0 Å². The van der Waals surface area contributed by atoms with Gasteiger partial charge in [-0.3, -0.25) is 14.4 Å². The van der Waals surface area contributed by atoms with Crippen LogP contribution in [0.15, 0.2) is 30.3 Å². The molecule has 236 valence electrons. The standard InChI is InChI=1S/C34H43N3O7/c1-41-29-18-22-11-12-31(39)37-20-23-17-25(21-36(19-23)34(40)26-7-3-9-28-33(26)44-15-14-43-28)27(37)8-4-10-30(38)35-13-5-6-24(16-22)32(29)42-2/h3,7,9,16,18,23,25,27H,4-6,8,10-15,17,19-21H2,1-2H3,(H,35,38)/t23-,25+,27-/m0/s1. The zero-order valence-corrected chi connectivity index (χ0v) is 25.8. The second-order valence-electron chi connectivity index (χ2n) is 12.4. The summed E-state index contributed by atoms with van der Waals surface area (Å²) in [7, 11) is 3.26. The Kier molecular flexibility index (Phi) is 9.14. The van der Waals surface area contributed by atoms with Gasteiger partial charge in [0.15, 0.2) is 23.0 Å². The Hall–Kier alpha value is -3.95. The van der Waals surface area contributed by atoms with E-state index in [9.17, 15) is 14.4 Å². The summed E-state index contributed by atoms with van der Waals surface area (Å²) in [5.74, 6) is 2.91. The molecule has 2 aromatic rings. The van der Waals surface area contributed by atoms with Crippen molar-refractivity contribution < 1.29 is 33.3 Å². The van der Waals surface area contributed by atoms with Crippen molar-refractivity contribution in [3.05, 3.63) is 47.0 Å². The van der Waals surface area contributed by atoms with Crippen LogP contribution in [0.5, 0.6) is 23.0 Å². The molecule has 0 aromatic heterocycles. The van der Waals surface area contributed by atoms with Crippen LogP contribution >= 0.6 is 0 Å². The molecule has 0 radical (unpaired) electrons. The van der Waals surface area contributed by atoms with E-state index in [4.69, 9.17) is 18.9 Å². The van der Waals surface area contributed by atoms with Gasteiger partial charge in [-0.2, -0.15) is 0 Å². The van der Waals surface area contributed by atoms with Crippen LogP contribution in [0, 0.1) is 11.8 Å². The molecule has 4 aliphatic heterocycles. The van der Waals surface area contributed by atoms with Crippen LogP contribution in [-0.2, 0) is 22.4 Å². The third-order valence-electron chi connectivity index (χ3n) is 9.47. The Morgan fingerprint density at radius 1 is 0.955 bits per heavy atom. The quantitative estimate of drug-likeness (QED) is 0.570. The molecule has 4 aliphatic rings. The van der Waals surface area contributed by atoms with E-state index >= 15 is 0 Å². The SMILES string of the molecule is COc1cc2cc(c1OC)CCCNC(=O)CCC[C@H]1[C@@H]3C[C@@H](CN(C(=O)c4cccc5c4OCCO5)C3)CN1C(=O)CC2. The summed E-state index contributed by atoms with van der Waals surface area (Å²) in [5.41, 5.74) is 2.58. The number of aryl methyl sites for hydroxylation is 2. The first-order valence-electron chi connectivity index (χ1n) is 15.9. The maximum Gasteiger partial charge on any atom is 0.257 e. The largest absolute Gasteiger partial charge is 0.493 e. The minimum absolute atomic E-state index is 0.0264. The molecule has 2 aromatic carbocycles. The lowest BCUT2D eigenvalue weighted by atomic mass is 9.77. The summed E-state index contributed by atoms with van der Waals surface area (Å²) >= 11 is 0. The number of carbonyl (C=O) groups is 3. The number of hydrogen-bond acceptors (Lipinski definition) is 7. The van der Waals surface area contributed by atoms with E-state index in [1.807, 2.05) is 23.1 Å². The fourth-order valence-corrected chi connectivity index (χ4v) is 7.48. The number of methoxy groups -OCH3 is 2. The van der Waals surface area contributed by atoms with Crippen molar-refractivity contribution in [2.45, 2.75) is 57.4 Å². The van der Waals surface area contributed by atoms with E-state index in [1.165, 1.54) is 0 Å². The molecular weight excluding hydrogens is 562 g/mol. The van der Waals surface area contributed by atoms with Crippen molar-refractivity contribution in [3.63, 3.8) is 0 Å². The number of fused-ring (bicyclic) bond motifs is 7. The van der Waals surface area contributed by atoms with Crippen molar-refractivity contribution >= 4 is 17.7 Å². The Morgan fingerprint density at radius 2 is 1.82 bits per heavy atom. The molecule has 0 unspecified atom stereocenters. The highest BCUT2D eigenvalue weighted by Crippen LogP contribution is 2.39. The number of ether oxygens (including phenoxy) is 4. The van der Waals surface area contributed by atoms with Crippen LogP contribution in [0.3, 0.4) is 0 Å². The Labute approximate surface area is 259 Å². The topological polar surface area (TPSA) is 107 Å². The summed E-state index contributed by atoms with van der Waals surface area (Å²) in [6.45, 7) is 3.24. The summed E-state index contributed by atoms with van der Waals surface area (Å²) in [5, 5.41) is 3.06. The van der Waals surface area contributed by atoms with Gasteiger partial charge in [0.05, 0.1) is 19.8 Å². The number of likely N-dealkylation sites (tertiary alicyclic amines) is 1. The fraction of sp³-hybridized carbons (Fsp3) is 0.559. The minimum Gasteiger partial charge on any atom is -0.493 e. The van der Waals surface area contributed by atoms with E-state index in [0.717, 1.165) is 36.8 Å². The van der Waals surface area contributed by atoms with E-state index in [0.29, 0.717) is 93.6 Å². The Morgan fingerprint density at radius 3 is 2.66 bits per heavy atom. The first-order valence-corrected chi connectivity index (χ1v) is 15.9. The lowest BCUT2D eigenvalue weighted by molar-refractivity contribution is -0.140. The van der Waals surface area contributed by atoms with Gasteiger partial charge >= 0.3 is 0 Å². The number of nitrogens with zero attached hydrogens (tertiary/aromatic N) is 2.